The van der Waals surface area contributed by atoms with Crippen molar-refractivity contribution in [3.8, 4) is 0 Å². The molecule has 0 nitrogen and oxygen atoms in total. The van der Waals surface area contributed by atoms with Crippen LogP contribution in [0.4, 0.5) is 0 Å². The lowest BCUT2D eigenvalue weighted by Crippen LogP contribution is -2.23. The zero-order chi connectivity index (χ0) is 24.3. The lowest BCUT2D eigenvalue weighted by Gasteiger charge is -2.30. The van der Waals surface area contributed by atoms with Crippen molar-refractivity contribution in [3.05, 3.63) is 34.9 Å². The third kappa shape index (κ3) is 6.10. The van der Waals surface area contributed by atoms with Crippen LogP contribution in [0.1, 0.15) is 139 Å². The Balaban J connectivity index is 1.00. The third-order valence-corrected chi connectivity index (χ3v) is 12.3. The maximum absolute atomic E-state index is 2.66. The molecular weight excluding hydrogens is 432 g/mol. The highest BCUT2D eigenvalue weighted by molar-refractivity contribution is 5.36. The topological polar surface area (TPSA) is 0 Å². The van der Waals surface area contributed by atoms with Gasteiger partial charge in [-0.3, -0.25) is 0 Å². The molecule has 1 aromatic carbocycles. The van der Waals surface area contributed by atoms with Crippen LogP contribution in [0.3, 0.4) is 0 Å². The van der Waals surface area contributed by atoms with Gasteiger partial charge in [0.2, 0.25) is 0 Å². The van der Waals surface area contributed by atoms with Crippen molar-refractivity contribution in [1.29, 1.82) is 0 Å². The van der Waals surface area contributed by atoms with Gasteiger partial charge < -0.3 is 0 Å². The molecule has 0 bridgehead atoms. The molecule has 0 radical (unpaired) electrons. The van der Waals surface area contributed by atoms with Crippen molar-refractivity contribution in [1.82, 2.24) is 0 Å². The highest BCUT2D eigenvalue weighted by Crippen LogP contribution is 2.48. The molecule has 0 aliphatic heterocycles. The minimum Gasteiger partial charge on any atom is -0.0622 e. The van der Waals surface area contributed by atoms with E-state index in [1.807, 2.05) is 0 Å². The molecule has 6 rings (SSSR count). The summed E-state index contributed by atoms with van der Waals surface area (Å²) in [5.41, 5.74) is 5.11. The van der Waals surface area contributed by atoms with Crippen molar-refractivity contribution in [2.75, 3.05) is 0 Å². The van der Waals surface area contributed by atoms with Gasteiger partial charge in [0.1, 0.15) is 0 Å². The Morgan fingerprint density at radius 3 is 2.25 bits per heavy atom. The molecule has 200 valence electrons. The molecule has 4 saturated carbocycles. The maximum atomic E-state index is 2.66. The molecule has 5 aliphatic carbocycles. The van der Waals surface area contributed by atoms with Gasteiger partial charge in [0, 0.05) is 0 Å². The van der Waals surface area contributed by atoms with Crippen LogP contribution >= 0.6 is 0 Å². The van der Waals surface area contributed by atoms with Crippen molar-refractivity contribution >= 4 is 0 Å². The first-order valence-electron chi connectivity index (χ1n) is 16.8. The minimum absolute atomic E-state index is 0.951. The van der Waals surface area contributed by atoms with E-state index in [2.05, 4.69) is 25.1 Å². The molecule has 0 heterocycles. The molecule has 1 aromatic rings. The summed E-state index contributed by atoms with van der Waals surface area (Å²) in [4.78, 5) is 0. The van der Waals surface area contributed by atoms with Gasteiger partial charge in [-0.15, -0.1) is 0 Å². The van der Waals surface area contributed by atoms with Gasteiger partial charge in [-0.05, 0) is 115 Å². The normalized spacial score (nSPS) is 34.8. The molecular formula is C36H56. The predicted octanol–water partition coefficient (Wildman–Crippen LogP) is 10.4. The molecule has 0 N–H and O–H groups in total. The summed E-state index contributed by atoms with van der Waals surface area (Å²) in [5.74, 6) is 8.14. The fourth-order valence-corrected chi connectivity index (χ4v) is 10.2. The van der Waals surface area contributed by atoms with Gasteiger partial charge in [-0.2, -0.15) is 0 Å². The van der Waals surface area contributed by atoms with Crippen molar-refractivity contribution in [2.45, 2.75) is 142 Å². The van der Waals surface area contributed by atoms with E-state index >= 15 is 0 Å². The maximum Gasteiger partial charge on any atom is -0.0242 e. The monoisotopic (exact) mass is 488 g/mol. The first-order valence-corrected chi connectivity index (χ1v) is 16.8. The first kappa shape index (κ1) is 25.5. The number of hydrogen-bond acceptors (Lipinski definition) is 0. The standard InChI is InChI=1S/C36H56/c1-26(31-17-15-29(22-31)20-27-9-4-2-5-10-27)19-33-13-8-14-36(33)35-24-32-18-16-30(23-34(32)25-35)21-28-11-6-3-7-12-28/h16,18,23,26-29,31,33,35-36H,2-15,17,19-22,24-25H2,1H3. The van der Waals surface area contributed by atoms with E-state index in [1.165, 1.54) is 89.9 Å². The van der Waals surface area contributed by atoms with Crippen LogP contribution in [0.25, 0.3) is 0 Å². The second kappa shape index (κ2) is 11.9. The fraction of sp³-hybridized carbons (Fsp3) is 0.833. The average Bonchev–Trinajstić information content (AvgIpc) is 3.65. The van der Waals surface area contributed by atoms with E-state index in [0.29, 0.717) is 0 Å². The summed E-state index contributed by atoms with van der Waals surface area (Å²) in [5, 5.41) is 0. The van der Waals surface area contributed by atoms with Gasteiger partial charge >= 0.3 is 0 Å². The van der Waals surface area contributed by atoms with Crippen molar-refractivity contribution in [3.63, 3.8) is 0 Å². The van der Waals surface area contributed by atoms with Gasteiger partial charge in [0.25, 0.3) is 0 Å². The lowest BCUT2D eigenvalue weighted by molar-refractivity contribution is 0.201. The summed E-state index contributed by atoms with van der Waals surface area (Å²) >= 11 is 0. The average molecular weight is 489 g/mol. The molecule has 6 atom stereocenters. The van der Waals surface area contributed by atoms with Crippen LogP contribution in [0.2, 0.25) is 0 Å². The summed E-state index contributed by atoms with van der Waals surface area (Å²) in [6, 6.07) is 7.71. The minimum atomic E-state index is 0.951. The first-order chi connectivity index (χ1) is 17.7. The molecule has 5 aliphatic rings. The molecule has 0 aromatic heterocycles. The van der Waals surface area contributed by atoms with Crippen LogP contribution in [-0.2, 0) is 19.3 Å². The van der Waals surface area contributed by atoms with Crippen LogP contribution < -0.4 is 0 Å². The van der Waals surface area contributed by atoms with E-state index in [9.17, 15) is 0 Å². The molecule has 36 heavy (non-hydrogen) atoms. The Bertz CT molecular complexity index is 824. The van der Waals surface area contributed by atoms with Crippen molar-refractivity contribution in [2.24, 2.45) is 47.3 Å². The Kier molecular flexibility index (Phi) is 8.46. The molecule has 6 unspecified atom stereocenters. The summed E-state index contributed by atoms with van der Waals surface area (Å²) < 4.78 is 0. The number of benzene rings is 1. The third-order valence-electron chi connectivity index (χ3n) is 12.3. The number of hydrogen-bond donors (Lipinski definition) is 0. The zero-order valence-corrected chi connectivity index (χ0v) is 23.7. The van der Waals surface area contributed by atoms with Gasteiger partial charge in [-0.25, -0.2) is 0 Å². The Morgan fingerprint density at radius 2 is 1.44 bits per heavy atom. The van der Waals surface area contributed by atoms with Crippen LogP contribution in [0.5, 0.6) is 0 Å². The molecule has 0 amide bonds. The Hall–Kier alpha value is -0.780. The van der Waals surface area contributed by atoms with Crippen molar-refractivity contribution < 1.29 is 0 Å². The van der Waals surface area contributed by atoms with Gasteiger partial charge in [0.05, 0.1) is 0 Å². The van der Waals surface area contributed by atoms with Crippen LogP contribution in [0.15, 0.2) is 18.2 Å². The summed E-state index contributed by atoms with van der Waals surface area (Å²) in [6.07, 6.45) is 31.6. The fourth-order valence-electron chi connectivity index (χ4n) is 10.2. The van der Waals surface area contributed by atoms with Gasteiger partial charge in [-0.1, -0.05) is 109 Å². The number of rotatable bonds is 8. The second-order valence-electron chi connectivity index (χ2n) is 14.7. The quantitative estimate of drug-likeness (QED) is 0.341. The molecule has 0 saturated heterocycles. The summed E-state index contributed by atoms with van der Waals surface area (Å²) in [6.45, 7) is 2.66. The lowest BCUT2D eigenvalue weighted by atomic mass is 9.75. The molecule has 0 spiro atoms. The zero-order valence-electron chi connectivity index (χ0n) is 23.7. The van der Waals surface area contributed by atoms with E-state index < -0.39 is 0 Å². The largest absolute Gasteiger partial charge is 0.0622 e. The highest BCUT2D eigenvalue weighted by atomic mass is 14.4. The molecule has 4 fully saturated rings. The number of fused-ring (bicyclic) bond motifs is 1. The second-order valence-corrected chi connectivity index (χ2v) is 14.7. The van der Waals surface area contributed by atoms with Gasteiger partial charge in [0.15, 0.2) is 0 Å². The van der Waals surface area contributed by atoms with E-state index in [-0.39, 0.29) is 0 Å². The smallest absolute Gasteiger partial charge is 0.0242 e. The van der Waals surface area contributed by atoms with Crippen LogP contribution in [0, 0.1) is 47.3 Å². The van der Waals surface area contributed by atoms with E-state index in [4.69, 9.17) is 0 Å². The van der Waals surface area contributed by atoms with Crippen LogP contribution in [-0.4, -0.2) is 0 Å². The predicted molar refractivity (Wildman–Crippen MR) is 154 cm³/mol. The summed E-state index contributed by atoms with van der Waals surface area (Å²) in [7, 11) is 0. The SMILES string of the molecule is CC(CC1CCCC1C1Cc2ccc(CC3CCCCC3)cc2C1)C1CCC(CC2CCCCC2)C1. The Labute approximate surface area is 223 Å². The molecule has 0 heteroatoms. The van der Waals surface area contributed by atoms with E-state index in [0.717, 1.165) is 47.3 Å². The Morgan fingerprint density at radius 1 is 0.694 bits per heavy atom. The van der Waals surface area contributed by atoms with E-state index in [1.54, 1.807) is 61.6 Å². The highest BCUT2D eigenvalue weighted by Gasteiger charge is 2.39.